The molecule has 1 aromatic heterocycles. The Hall–Kier alpha value is -2.66. The van der Waals surface area contributed by atoms with Crippen LogP contribution < -0.4 is 9.80 Å². The Morgan fingerprint density at radius 2 is 1.89 bits per heavy atom. The van der Waals surface area contributed by atoms with Crippen LogP contribution >= 0.6 is 0 Å². The van der Waals surface area contributed by atoms with Crippen molar-refractivity contribution in [2.45, 2.75) is 25.2 Å². The molecule has 27 heavy (non-hydrogen) atoms. The van der Waals surface area contributed by atoms with E-state index in [-0.39, 0.29) is 5.91 Å². The van der Waals surface area contributed by atoms with Gasteiger partial charge in [-0.2, -0.15) is 0 Å². The number of quaternary nitrogens is 1. The molecule has 2 aliphatic rings. The minimum Gasteiger partial charge on any atom is -0.342 e. The number of fused-ring (bicyclic) bond motifs is 2. The average molecular weight is 361 g/mol. The molecule has 3 heterocycles. The van der Waals surface area contributed by atoms with Crippen LogP contribution in [0.25, 0.3) is 11.0 Å². The molecule has 0 radical (unpaired) electrons. The van der Waals surface area contributed by atoms with Gasteiger partial charge in [-0.25, -0.2) is 4.98 Å². The van der Waals surface area contributed by atoms with Crippen LogP contribution in [-0.2, 0) is 11.2 Å². The van der Waals surface area contributed by atoms with E-state index in [1.165, 1.54) is 10.5 Å². The topological polar surface area (TPSA) is 53.4 Å². The molecule has 3 aromatic rings. The molecule has 0 spiro atoms. The lowest BCUT2D eigenvalue weighted by Crippen LogP contribution is -3.14. The van der Waals surface area contributed by atoms with Crippen LogP contribution in [0.4, 0.5) is 5.69 Å². The molecule has 0 saturated carbocycles. The molecule has 2 aliphatic heterocycles. The first-order valence-corrected chi connectivity index (χ1v) is 9.94. The first kappa shape index (κ1) is 16.5. The van der Waals surface area contributed by atoms with Crippen molar-refractivity contribution in [1.82, 2.24) is 9.97 Å². The average Bonchev–Trinajstić information content (AvgIpc) is 3.33. The van der Waals surface area contributed by atoms with Crippen LogP contribution in [-0.4, -0.2) is 42.1 Å². The SMILES string of the molecule is O=C(C[NH+]1CCC(c2nc3ccccc3[nH]2)CC1)N1CCc2ccccc21. The van der Waals surface area contributed by atoms with Gasteiger partial charge < -0.3 is 14.8 Å². The number of hydrogen-bond acceptors (Lipinski definition) is 2. The van der Waals surface area contributed by atoms with Crippen molar-refractivity contribution in [3.63, 3.8) is 0 Å². The summed E-state index contributed by atoms with van der Waals surface area (Å²) >= 11 is 0. The van der Waals surface area contributed by atoms with Crippen LogP contribution in [0.2, 0.25) is 0 Å². The van der Waals surface area contributed by atoms with Crippen molar-refractivity contribution in [1.29, 1.82) is 0 Å². The first-order valence-electron chi connectivity index (χ1n) is 9.94. The summed E-state index contributed by atoms with van der Waals surface area (Å²) in [5.74, 6) is 1.84. The number of imidazole rings is 1. The zero-order valence-electron chi connectivity index (χ0n) is 15.4. The Balaban J connectivity index is 1.20. The molecule has 0 atom stereocenters. The van der Waals surface area contributed by atoms with Crippen molar-refractivity contribution in [2.24, 2.45) is 0 Å². The number of aromatic nitrogens is 2. The molecular weight excluding hydrogens is 336 g/mol. The van der Waals surface area contributed by atoms with Crippen molar-refractivity contribution in [3.8, 4) is 0 Å². The molecule has 5 nitrogen and oxygen atoms in total. The molecule has 1 saturated heterocycles. The normalized spacial score (nSPS) is 22.1. The fourth-order valence-corrected chi connectivity index (χ4v) is 4.55. The summed E-state index contributed by atoms with van der Waals surface area (Å²) < 4.78 is 0. The highest BCUT2D eigenvalue weighted by Gasteiger charge is 2.30. The van der Waals surface area contributed by atoms with E-state index in [9.17, 15) is 4.79 Å². The fraction of sp³-hybridized carbons (Fsp3) is 0.364. The third-order valence-corrected chi connectivity index (χ3v) is 6.08. The van der Waals surface area contributed by atoms with Gasteiger partial charge >= 0.3 is 0 Å². The van der Waals surface area contributed by atoms with Crippen molar-refractivity contribution in [2.75, 3.05) is 31.1 Å². The monoisotopic (exact) mass is 361 g/mol. The number of benzene rings is 2. The first-order chi connectivity index (χ1) is 13.3. The third kappa shape index (κ3) is 3.12. The maximum absolute atomic E-state index is 12.8. The molecule has 2 aromatic carbocycles. The molecule has 5 rings (SSSR count). The Morgan fingerprint density at radius 3 is 2.74 bits per heavy atom. The summed E-state index contributed by atoms with van der Waals surface area (Å²) in [6.07, 6.45) is 3.14. The molecule has 1 amide bonds. The molecule has 1 fully saturated rings. The number of H-pyrrole nitrogens is 1. The van der Waals surface area contributed by atoms with Gasteiger partial charge in [0.25, 0.3) is 5.91 Å². The largest absolute Gasteiger partial charge is 0.342 e. The van der Waals surface area contributed by atoms with Crippen LogP contribution in [0, 0.1) is 0 Å². The highest BCUT2D eigenvalue weighted by atomic mass is 16.2. The Morgan fingerprint density at radius 1 is 1.11 bits per heavy atom. The van der Waals surface area contributed by atoms with E-state index >= 15 is 0 Å². The van der Waals surface area contributed by atoms with E-state index in [1.807, 2.05) is 23.1 Å². The van der Waals surface area contributed by atoms with Gasteiger partial charge in [0.15, 0.2) is 6.54 Å². The number of carbonyl (C=O) groups is 1. The van der Waals surface area contributed by atoms with E-state index in [0.29, 0.717) is 12.5 Å². The van der Waals surface area contributed by atoms with E-state index in [4.69, 9.17) is 4.98 Å². The zero-order chi connectivity index (χ0) is 18.2. The summed E-state index contributed by atoms with van der Waals surface area (Å²) in [5.41, 5.74) is 4.57. The number of rotatable bonds is 3. The summed E-state index contributed by atoms with van der Waals surface area (Å²) in [6, 6.07) is 16.5. The number of para-hydroxylation sites is 3. The Labute approximate surface area is 159 Å². The zero-order valence-corrected chi connectivity index (χ0v) is 15.4. The fourth-order valence-electron chi connectivity index (χ4n) is 4.55. The maximum atomic E-state index is 12.8. The minimum atomic E-state index is 0.261. The van der Waals surface area contributed by atoms with Crippen molar-refractivity contribution >= 4 is 22.6 Å². The van der Waals surface area contributed by atoms with Crippen LogP contribution in [0.5, 0.6) is 0 Å². The Kier molecular flexibility index (Phi) is 4.17. The quantitative estimate of drug-likeness (QED) is 0.749. The number of nitrogens with one attached hydrogen (secondary N) is 2. The number of aromatic amines is 1. The van der Waals surface area contributed by atoms with E-state index in [1.54, 1.807) is 0 Å². The summed E-state index contributed by atoms with van der Waals surface area (Å²) in [5, 5.41) is 0. The van der Waals surface area contributed by atoms with Crippen molar-refractivity contribution < 1.29 is 9.69 Å². The van der Waals surface area contributed by atoms with Gasteiger partial charge in [-0.3, -0.25) is 4.79 Å². The lowest BCUT2D eigenvalue weighted by molar-refractivity contribution is -0.897. The van der Waals surface area contributed by atoms with Gasteiger partial charge in [-0.15, -0.1) is 0 Å². The number of amides is 1. The molecule has 0 aliphatic carbocycles. The molecule has 2 N–H and O–H groups in total. The summed E-state index contributed by atoms with van der Waals surface area (Å²) in [7, 11) is 0. The standard InChI is InChI=1S/C22H24N4O/c27-21(26-14-11-16-5-1-4-8-20(16)26)15-25-12-9-17(10-13-25)22-23-18-6-2-3-7-19(18)24-22/h1-8,17H,9-15H2,(H,23,24)/p+1. The lowest BCUT2D eigenvalue weighted by atomic mass is 9.96. The summed E-state index contributed by atoms with van der Waals surface area (Å²) in [6.45, 7) is 3.49. The van der Waals surface area contributed by atoms with Gasteiger partial charge in [0.1, 0.15) is 5.82 Å². The van der Waals surface area contributed by atoms with Gasteiger partial charge in [-0.1, -0.05) is 30.3 Å². The Bertz CT molecular complexity index is 938. The minimum absolute atomic E-state index is 0.261. The number of carbonyl (C=O) groups excluding carboxylic acids is 1. The molecular formula is C22H25N4O+. The second kappa shape index (κ2) is 6.82. The summed E-state index contributed by atoms with van der Waals surface area (Å²) in [4.78, 5) is 24.5. The van der Waals surface area contributed by atoms with Gasteiger partial charge in [0.2, 0.25) is 0 Å². The molecule has 0 unspecified atom stereocenters. The molecule has 5 heteroatoms. The van der Waals surface area contributed by atoms with Gasteiger partial charge in [-0.05, 0) is 30.2 Å². The predicted molar refractivity (Wildman–Crippen MR) is 106 cm³/mol. The van der Waals surface area contributed by atoms with E-state index < -0.39 is 0 Å². The molecule has 138 valence electrons. The van der Waals surface area contributed by atoms with Crippen LogP contribution in [0.1, 0.15) is 30.1 Å². The van der Waals surface area contributed by atoms with Crippen LogP contribution in [0.3, 0.4) is 0 Å². The van der Waals surface area contributed by atoms with E-state index in [2.05, 4.69) is 35.3 Å². The second-order valence-electron chi connectivity index (χ2n) is 7.76. The van der Waals surface area contributed by atoms with Gasteiger partial charge in [0.05, 0.1) is 24.1 Å². The maximum Gasteiger partial charge on any atom is 0.282 e. The highest BCUT2D eigenvalue weighted by Crippen LogP contribution is 2.27. The number of nitrogens with zero attached hydrogens (tertiary/aromatic N) is 2. The van der Waals surface area contributed by atoms with E-state index in [0.717, 1.165) is 61.4 Å². The van der Waals surface area contributed by atoms with Crippen LogP contribution in [0.15, 0.2) is 48.5 Å². The highest BCUT2D eigenvalue weighted by molar-refractivity contribution is 5.96. The molecule has 0 bridgehead atoms. The lowest BCUT2D eigenvalue weighted by Gasteiger charge is -2.29. The van der Waals surface area contributed by atoms with Gasteiger partial charge in [0, 0.05) is 31.0 Å². The predicted octanol–water partition coefficient (Wildman–Crippen LogP) is 1.91. The number of piperidine rings is 1. The van der Waals surface area contributed by atoms with Crippen molar-refractivity contribution in [3.05, 3.63) is 59.9 Å². The number of anilines is 1. The third-order valence-electron chi connectivity index (χ3n) is 6.08. The second-order valence-corrected chi connectivity index (χ2v) is 7.76. The number of hydrogen-bond donors (Lipinski definition) is 2. The smallest absolute Gasteiger partial charge is 0.282 e. The number of likely N-dealkylation sites (tertiary alicyclic amines) is 1.